The lowest BCUT2D eigenvalue weighted by Crippen LogP contribution is -2.36. The Morgan fingerprint density at radius 3 is 2.62 bits per heavy atom. The van der Waals surface area contributed by atoms with Crippen LogP contribution in [0.5, 0.6) is 0 Å². The summed E-state index contributed by atoms with van der Waals surface area (Å²) in [5, 5.41) is 9.19. The normalized spacial score (nSPS) is 15.3. The van der Waals surface area contributed by atoms with E-state index in [0.29, 0.717) is 43.8 Å². The van der Waals surface area contributed by atoms with E-state index in [1.807, 2.05) is 41.3 Å². The van der Waals surface area contributed by atoms with Gasteiger partial charge < -0.3 is 14.1 Å². The van der Waals surface area contributed by atoms with Crippen LogP contribution in [0.25, 0.3) is 12.2 Å². The second-order valence-corrected chi connectivity index (χ2v) is 4.66. The molecule has 1 aromatic carbocycles. The number of anilines is 1. The van der Waals surface area contributed by atoms with Crippen LogP contribution in [0.2, 0.25) is 0 Å². The predicted molar refractivity (Wildman–Crippen MR) is 79.6 cm³/mol. The first-order valence-electron chi connectivity index (χ1n) is 6.83. The van der Waals surface area contributed by atoms with Gasteiger partial charge in [0.05, 0.1) is 13.2 Å². The van der Waals surface area contributed by atoms with Gasteiger partial charge in [0.25, 0.3) is 0 Å². The zero-order valence-electron chi connectivity index (χ0n) is 11.5. The van der Waals surface area contributed by atoms with E-state index in [1.54, 1.807) is 6.08 Å². The van der Waals surface area contributed by atoms with Gasteiger partial charge in [0, 0.05) is 19.2 Å². The monoisotopic (exact) mass is 281 g/mol. The molecule has 1 fully saturated rings. The Balaban J connectivity index is 1.82. The van der Waals surface area contributed by atoms with Crippen LogP contribution in [0.4, 0.5) is 5.88 Å². The van der Waals surface area contributed by atoms with Crippen LogP contribution in [-0.2, 0) is 4.74 Å². The van der Waals surface area contributed by atoms with Gasteiger partial charge in [-0.1, -0.05) is 30.3 Å². The van der Waals surface area contributed by atoms with Gasteiger partial charge in [-0.15, -0.1) is 0 Å². The number of aromatic nitrogens is 1. The first-order chi connectivity index (χ1) is 10.4. The van der Waals surface area contributed by atoms with E-state index in [-0.39, 0.29) is 0 Å². The summed E-state index contributed by atoms with van der Waals surface area (Å²) < 4.78 is 11.0. The van der Waals surface area contributed by atoms with Crippen molar-refractivity contribution >= 4 is 18.0 Å². The lowest BCUT2D eigenvalue weighted by molar-refractivity contribution is 0.120. The van der Waals surface area contributed by atoms with E-state index in [2.05, 4.69) is 11.1 Å². The summed E-state index contributed by atoms with van der Waals surface area (Å²) in [6, 6.07) is 12.0. The summed E-state index contributed by atoms with van der Waals surface area (Å²) in [4.78, 5) is 6.22. The number of hydrogen-bond donors (Lipinski definition) is 0. The first-order valence-corrected chi connectivity index (χ1v) is 6.83. The van der Waals surface area contributed by atoms with Crippen molar-refractivity contribution in [1.29, 1.82) is 5.26 Å². The highest BCUT2D eigenvalue weighted by Gasteiger charge is 2.20. The van der Waals surface area contributed by atoms with Crippen molar-refractivity contribution in [3.05, 3.63) is 47.5 Å². The smallest absolute Gasteiger partial charge is 0.235 e. The number of benzene rings is 1. The number of nitriles is 1. The number of hydrogen-bond acceptors (Lipinski definition) is 5. The topological polar surface area (TPSA) is 62.3 Å². The van der Waals surface area contributed by atoms with Crippen molar-refractivity contribution < 1.29 is 9.15 Å². The molecule has 5 nitrogen and oxygen atoms in total. The van der Waals surface area contributed by atoms with Gasteiger partial charge in [-0.2, -0.15) is 10.2 Å². The number of oxazole rings is 1. The largest absolute Gasteiger partial charge is 0.420 e. The average molecular weight is 281 g/mol. The molecule has 2 aromatic rings. The second-order valence-electron chi connectivity index (χ2n) is 4.66. The lowest BCUT2D eigenvalue weighted by atomic mass is 10.2. The highest BCUT2D eigenvalue weighted by molar-refractivity contribution is 5.67. The summed E-state index contributed by atoms with van der Waals surface area (Å²) in [6.07, 6.45) is 3.69. The van der Waals surface area contributed by atoms with Crippen LogP contribution < -0.4 is 4.90 Å². The van der Waals surface area contributed by atoms with Crippen LogP contribution in [-0.4, -0.2) is 31.3 Å². The molecular weight excluding hydrogens is 266 g/mol. The zero-order chi connectivity index (χ0) is 14.5. The average Bonchev–Trinajstić information content (AvgIpc) is 2.98. The van der Waals surface area contributed by atoms with Crippen LogP contribution in [0.1, 0.15) is 17.1 Å². The molecule has 5 heteroatoms. The van der Waals surface area contributed by atoms with Gasteiger partial charge >= 0.3 is 0 Å². The Morgan fingerprint density at radius 1 is 1.14 bits per heavy atom. The van der Waals surface area contributed by atoms with Crippen molar-refractivity contribution in [2.75, 3.05) is 31.2 Å². The number of nitrogens with zero attached hydrogens (tertiary/aromatic N) is 3. The third kappa shape index (κ3) is 3.12. The van der Waals surface area contributed by atoms with Crippen molar-refractivity contribution in [2.24, 2.45) is 0 Å². The molecule has 1 saturated heterocycles. The molecule has 21 heavy (non-hydrogen) atoms. The minimum Gasteiger partial charge on any atom is -0.420 e. The molecule has 2 heterocycles. The summed E-state index contributed by atoms with van der Waals surface area (Å²) in [7, 11) is 0. The van der Waals surface area contributed by atoms with Gasteiger partial charge in [-0.3, -0.25) is 0 Å². The van der Waals surface area contributed by atoms with Crippen molar-refractivity contribution in [2.45, 2.75) is 0 Å². The maximum Gasteiger partial charge on any atom is 0.235 e. The molecule has 0 radical (unpaired) electrons. The minimum atomic E-state index is 0.324. The van der Waals surface area contributed by atoms with Gasteiger partial charge in [0.2, 0.25) is 17.5 Å². The molecule has 0 spiro atoms. The molecule has 0 saturated carbocycles. The van der Waals surface area contributed by atoms with E-state index in [0.717, 1.165) is 5.56 Å². The Hall–Kier alpha value is -2.58. The molecule has 1 aliphatic heterocycles. The van der Waals surface area contributed by atoms with Crippen LogP contribution >= 0.6 is 0 Å². The fraction of sp³-hybridized carbons (Fsp3) is 0.250. The maximum atomic E-state index is 9.19. The van der Waals surface area contributed by atoms with Crippen molar-refractivity contribution in [1.82, 2.24) is 4.98 Å². The molecule has 0 amide bonds. The summed E-state index contributed by atoms with van der Waals surface area (Å²) in [6.45, 7) is 2.71. The van der Waals surface area contributed by atoms with Crippen molar-refractivity contribution in [3.63, 3.8) is 0 Å². The fourth-order valence-electron chi connectivity index (χ4n) is 2.18. The quantitative estimate of drug-likeness (QED) is 0.865. The Morgan fingerprint density at radius 2 is 1.90 bits per heavy atom. The molecule has 0 aliphatic carbocycles. The summed E-state index contributed by atoms with van der Waals surface area (Å²) in [5.41, 5.74) is 1.38. The first kappa shape index (κ1) is 13.4. The molecule has 0 N–H and O–H groups in total. The molecule has 1 aliphatic rings. The Labute approximate surface area is 123 Å². The molecule has 3 rings (SSSR count). The van der Waals surface area contributed by atoms with E-state index in [4.69, 9.17) is 9.15 Å². The standard InChI is InChI=1S/C16H15N3O2/c17-12-14-16(19-8-10-20-11-9-19)21-15(18-14)7-6-13-4-2-1-3-5-13/h1-7H,8-11H2. The minimum absolute atomic E-state index is 0.324. The van der Waals surface area contributed by atoms with E-state index >= 15 is 0 Å². The molecule has 0 unspecified atom stereocenters. The van der Waals surface area contributed by atoms with Gasteiger partial charge in [-0.25, -0.2) is 0 Å². The fourth-order valence-corrected chi connectivity index (χ4v) is 2.18. The lowest BCUT2D eigenvalue weighted by Gasteiger charge is -2.25. The number of morpholine rings is 1. The third-order valence-electron chi connectivity index (χ3n) is 3.25. The highest BCUT2D eigenvalue weighted by atomic mass is 16.5. The molecule has 0 bridgehead atoms. The van der Waals surface area contributed by atoms with Gasteiger partial charge in [0.15, 0.2) is 0 Å². The highest BCUT2D eigenvalue weighted by Crippen LogP contribution is 2.23. The molecule has 106 valence electrons. The Kier molecular flexibility index (Phi) is 3.99. The second kappa shape index (κ2) is 6.25. The SMILES string of the molecule is N#Cc1nc(C=Cc2ccccc2)oc1N1CCOCC1. The van der Waals surface area contributed by atoms with Crippen LogP contribution in [0.3, 0.4) is 0 Å². The predicted octanol–water partition coefficient (Wildman–Crippen LogP) is 2.55. The maximum absolute atomic E-state index is 9.19. The number of rotatable bonds is 3. The van der Waals surface area contributed by atoms with Crippen LogP contribution in [0, 0.1) is 11.3 Å². The number of ether oxygens (including phenoxy) is 1. The van der Waals surface area contributed by atoms with Crippen LogP contribution in [0.15, 0.2) is 34.7 Å². The van der Waals surface area contributed by atoms with Gasteiger partial charge in [0.1, 0.15) is 6.07 Å². The van der Waals surface area contributed by atoms with Gasteiger partial charge in [-0.05, 0) is 11.6 Å². The molecule has 1 aromatic heterocycles. The van der Waals surface area contributed by atoms with E-state index < -0.39 is 0 Å². The third-order valence-corrected chi connectivity index (χ3v) is 3.25. The summed E-state index contributed by atoms with van der Waals surface area (Å²) in [5.74, 6) is 0.977. The van der Waals surface area contributed by atoms with E-state index in [9.17, 15) is 5.26 Å². The molecular formula is C16H15N3O2. The Bertz CT molecular complexity index is 665. The molecule has 0 atom stereocenters. The zero-order valence-corrected chi connectivity index (χ0v) is 11.5. The summed E-state index contributed by atoms with van der Waals surface area (Å²) >= 11 is 0. The van der Waals surface area contributed by atoms with Crippen molar-refractivity contribution in [3.8, 4) is 6.07 Å². The van der Waals surface area contributed by atoms with E-state index in [1.165, 1.54) is 0 Å².